The molecule has 0 atom stereocenters. The van der Waals surface area contributed by atoms with E-state index in [1.165, 1.54) is 17.4 Å². The van der Waals surface area contributed by atoms with Crippen LogP contribution in [0.5, 0.6) is 0 Å². The maximum atomic E-state index is 10.3. The maximum Gasteiger partial charge on any atom is 0.332 e. The normalized spacial score (nSPS) is 11.5. The minimum atomic E-state index is -0.651. The Balaban J connectivity index is 3.84. The van der Waals surface area contributed by atoms with Crippen LogP contribution in [0.25, 0.3) is 0 Å². The summed E-state index contributed by atoms with van der Waals surface area (Å²) in [5.41, 5.74) is 9.49. The van der Waals surface area contributed by atoms with E-state index in [2.05, 4.69) is 30.5 Å². The Morgan fingerprint density at radius 3 is 2.60 bits per heavy atom. The molecule has 4 nitrogen and oxygen atoms in total. The third kappa shape index (κ3) is 10.3. The van der Waals surface area contributed by atoms with Gasteiger partial charge in [0, 0.05) is 6.21 Å². The summed E-state index contributed by atoms with van der Waals surface area (Å²) >= 11 is 0. The van der Waals surface area contributed by atoms with Gasteiger partial charge in [-0.05, 0) is 39.7 Å². The van der Waals surface area contributed by atoms with Crippen LogP contribution < -0.4 is 11.2 Å². The number of urea groups is 1. The van der Waals surface area contributed by atoms with Crippen LogP contribution in [0, 0.1) is 0 Å². The van der Waals surface area contributed by atoms with E-state index in [4.69, 9.17) is 5.73 Å². The van der Waals surface area contributed by atoms with Gasteiger partial charge in [0.2, 0.25) is 0 Å². The molecular formula is C11H19N3O. The van der Waals surface area contributed by atoms with E-state index < -0.39 is 6.03 Å². The largest absolute Gasteiger partial charge is 0.350 e. The molecule has 0 aromatic carbocycles. The molecule has 0 spiro atoms. The van der Waals surface area contributed by atoms with Crippen LogP contribution >= 0.6 is 0 Å². The minimum Gasteiger partial charge on any atom is -0.350 e. The number of carbonyl (C=O) groups is 1. The highest BCUT2D eigenvalue weighted by molar-refractivity contribution is 5.76. The molecule has 0 aromatic rings. The Kier molecular flexibility index (Phi) is 6.97. The fourth-order valence-corrected chi connectivity index (χ4v) is 0.937. The molecule has 15 heavy (non-hydrogen) atoms. The van der Waals surface area contributed by atoms with E-state index in [9.17, 15) is 4.79 Å². The number of nitrogens with two attached hydrogens (primary N) is 1. The summed E-state index contributed by atoms with van der Waals surface area (Å²) in [6.45, 7) is 6.18. The van der Waals surface area contributed by atoms with E-state index in [0.29, 0.717) is 0 Å². The monoisotopic (exact) mass is 209 g/mol. The number of primary amides is 1. The second-order valence-electron chi connectivity index (χ2n) is 3.59. The van der Waals surface area contributed by atoms with Crippen LogP contribution in [-0.2, 0) is 0 Å². The predicted octanol–water partition coefficient (Wildman–Crippen LogP) is 2.33. The van der Waals surface area contributed by atoms with Gasteiger partial charge in [-0.25, -0.2) is 10.2 Å². The van der Waals surface area contributed by atoms with Crippen molar-refractivity contribution < 1.29 is 4.79 Å². The molecule has 2 amide bonds. The van der Waals surface area contributed by atoms with E-state index in [-0.39, 0.29) is 0 Å². The van der Waals surface area contributed by atoms with Crippen molar-refractivity contribution in [1.29, 1.82) is 0 Å². The highest BCUT2D eigenvalue weighted by atomic mass is 16.2. The molecule has 3 N–H and O–H groups in total. The van der Waals surface area contributed by atoms with Crippen LogP contribution in [0.3, 0.4) is 0 Å². The first-order valence-electron chi connectivity index (χ1n) is 4.90. The Morgan fingerprint density at radius 2 is 2.07 bits per heavy atom. The van der Waals surface area contributed by atoms with E-state index in [1.807, 2.05) is 13.0 Å². The quantitative estimate of drug-likeness (QED) is 0.407. The zero-order valence-electron chi connectivity index (χ0n) is 9.58. The first-order chi connectivity index (χ1) is 7.02. The summed E-state index contributed by atoms with van der Waals surface area (Å²) in [4.78, 5) is 10.3. The molecule has 0 aliphatic heterocycles. The SMILES string of the molecule is CC(C)=CCC/C(C)=C\C=N\NC(N)=O. The van der Waals surface area contributed by atoms with Crippen molar-refractivity contribution in [3.8, 4) is 0 Å². The number of hydrogen-bond donors (Lipinski definition) is 2. The van der Waals surface area contributed by atoms with Gasteiger partial charge in [-0.15, -0.1) is 0 Å². The summed E-state index contributed by atoms with van der Waals surface area (Å²) in [5, 5.41) is 3.61. The zero-order valence-corrected chi connectivity index (χ0v) is 9.58. The van der Waals surface area contributed by atoms with E-state index in [1.54, 1.807) is 0 Å². The molecular weight excluding hydrogens is 190 g/mol. The van der Waals surface area contributed by atoms with Crippen molar-refractivity contribution in [3.63, 3.8) is 0 Å². The van der Waals surface area contributed by atoms with Crippen molar-refractivity contribution >= 4 is 12.2 Å². The number of hydrazone groups is 1. The average molecular weight is 209 g/mol. The topological polar surface area (TPSA) is 67.5 Å². The molecule has 0 fully saturated rings. The molecule has 0 saturated heterocycles. The fraction of sp³-hybridized carbons (Fsp3) is 0.455. The molecule has 0 rings (SSSR count). The maximum absolute atomic E-state index is 10.3. The van der Waals surface area contributed by atoms with Gasteiger partial charge in [-0.1, -0.05) is 17.2 Å². The second kappa shape index (κ2) is 7.79. The number of nitrogens with one attached hydrogen (secondary N) is 1. The van der Waals surface area contributed by atoms with Gasteiger partial charge in [0.1, 0.15) is 0 Å². The third-order valence-electron chi connectivity index (χ3n) is 1.70. The Bertz CT molecular complexity index is 286. The lowest BCUT2D eigenvalue weighted by atomic mass is 10.1. The summed E-state index contributed by atoms with van der Waals surface area (Å²) in [7, 11) is 0. The van der Waals surface area contributed by atoms with Gasteiger partial charge in [0.15, 0.2) is 0 Å². The number of allylic oxidation sites excluding steroid dienone is 4. The van der Waals surface area contributed by atoms with Crippen molar-refractivity contribution in [3.05, 3.63) is 23.3 Å². The smallest absolute Gasteiger partial charge is 0.332 e. The van der Waals surface area contributed by atoms with Gasteiger partial charge in [0.05, 0.1) is 0 Å². The average Bonchev–Trinajstić information content (AvgIpc) is 2.11. The standard InChI is InChI=1S/C11H19N3O/c1-9(2)5-4-6-10(3)7-8-13-14-11(12)15/h5,7-8H,4,6H2,1-3H3,(H3,12,14,15)/b10-7-,13-8+. The first-order valence-corrected chi connectivity index (χ1v) is 4.90. The lowest BCUT2D eigenvalue weighted by molar-refractivity contribution is 0.249. The molecule has 0 aliphatic rings. The highest BCUT2D eigenvalue weighted by Crippen LogP contribution is 2.05. The number of amides is 2. The highest BCUT2D eigenvalue weighted by Gasteiger charge is 1.87. The van der Waals surface area contributed by atoms with E-state index >= 15 is 0 Å². The van der Waals surface area contributed by atoms with Gasteiger partial charge >= 0.3 is 6.03 Å². The van der Waals surface area contributed by atoms with Crippen LogP contribution in [0.2, 0.25) is 0 Å². The van der Waals surface area contributed by atoms with Crippen LogP contribution in [0.4, 0.5) is 4.79 Å². The summed E-state index contributed by atoms with van der Waals surface area (Å²) in [5.74, 6) is 0. The van der Waals surface area contributed by atoms with E-state index in [0.717, 1.165) is 12.8 Å². The summed E-state index contributed by atoms with van der Waals surface area (Å²) in [6, 6.07) is -0.651. The van der Waals surface area contributed by atoms with Gasteiger partial charge < -0.3 is 5.73 Å². The fourth-order valence-electron chi connectivity index (χ4n) is 0.937. The van der Waals surface area contributed by atoms with Gasteiger partial charge in [-0.2, -0.15) is 5.10 Å². The molecule has 4 heteroatoms. The first kappa shape index (κ1) is 13.4. The molecule has 0 aromatic heterocycles. The lowest BCUT2D eigenvalue weighted by Crippen LogP contribution is -2.24. The number of nitrogens with zero attached hydrogens (tertiary/aromatic N) is 1. The van der Waals surface area contributed by atoms with Crippen LogP contribution in [0.15, 0.2) is 28.4 Å². The summed E-state index contributed by atoms with van der Waals surface area (Å²) in [6.07, 6.45) is 7.60. The van der Waals surface area contributed by atoms with Gasteiger partial charge in [-0.3, -0.25) is 0 Å². The Morgan fingerprint density at radius 1 is 1.40 bits per heavy atom. The lowest BCUT2D eigenvalue weighted by Gasteiger charge is -1.96. The zero-order chi connectivity index (χ0) is 11.7. The van der Waals surface area contributed by atoms with Crippen LogP contribution in [0.1, 0.15) is 33.6 Å². The minimum absolute atomic E-state index is 0.651. The second-order valence-corrected chi connectivity index (χ2v) is 3.59. The molecule has 0 unspecified atom stereocenters. The molecule has 0 aliphatic carbocycles. The molecule has 84 valence electrons. The number of rotatable bonds is 5. The number of carbonyl (C=O) groups excluding carboxylic acids is 1. The van der Waals surface area contributed by atoms with Crippen molar-refractivity contribution in [1.82, 2.24) is 5.43 Å². The molecule has 0 heterocycles. The third-order valence-corrected chi connectivity index (χ3v) is 1.70. The summed E-state index contributed by atoms with van der Waals surface area (Å²) < 4.78 is 0. The molecule has 0 radical (unpaired) electrons. The molecule has 0 bridgehead atoms. The van der Waals surface area contributed by atoms with Crippen molar-refractivity contribution in [2.75, 3.05) is 0 Å². The van der Waals surface area contributed by atoms with Gasteiger partial charge in [0.25, 0.3) is 0 Å². The van der Waals surface area contributed by atoms with Crippen molar-refractivity contribution in [2.24, 2.45) is 10.8 Å². The predicted molar refractivity (Wildman–Crippen MR) is 63.6 cm³/mol. The number of hydrogen-bond acceptors (Lipinski definition) is 2. The Hall–Kier alpha value is -1.58. The molecule has 0 saturated carbocycles. The Labute approximate surface area is 90.9 Å². The van der Waals surface area contributed by atoms with Crippen LogP contribution in [-0.4, -0.2) is 12.2 Å². The van der Waals surface area contributed by atoms with Crippen molar-refractivity contribution in [2.45, 2.75) is 33.6 Å².